The lowest BCUT2D eigenvalue weighted by molar-refractivity contribution is 0.0584. The molecule has 0 amide bonds. The maximum Gasteiger partial charge on any atom is 0.260 e. The van der Waals surface area contributed by atoms with Crippen LogP contribution in [0.4, 0.5) is 5.95 Å². The van der Waals surface area contributed by atoms with E-state index in [9.17, 15) is 9.90 Å². The monoisotopic (exact) mass is 289 g/mol. The molecular formula is C16H23N3O2. The molecule has 2 aromatic rings. The van der Waals surface area contributed by atoms with Gasteiger partial charge < -0.3 is 10.4 Å². The SMILES string of the molecule is CC(C)CC[C@](C)(O)CNc1nc2ccccc2c(=O)[nH]1. The van der Waals surface area contributed by atoms with E-state index >= 15 is 0 Å². The summed E-state index contributed by atoms with van der Waals surface area (Å²) in [4.78, 5) is 19.0. The van der Waals surface area contributed by atoms with Gasteiger partial charge in [0.2, 0.25) is 5.95 Å². The molecule has 5 heteroatoms. The lowest BCUT2D eigenvalue weighted by Gasteiger charge is -2.24. The minimum absolute atomic E-state index is 0.176. The summed E-state index contributed by atoms with van der Waals surface area (Å²) in [7, 11) is 0. The van der Waals surface area contributed by atoms with Crippen LogP contribution in [0.15, 0.2) is 29.1 Å². The minimum Gasteiger partial charge on any atom is -0.388 e. The molecule has 0 aliphatic heterocycles. The second-order valence-electron chi connectivity index (χ2n) is 6.21. The average molecular weight is 289 g/mol. The van der Waals surface area contributed by atoms with Crippen LogP contribution in [0.1, 0.15) is 33.6 Å². The third-order valence-electron chi connectivity index (χ3n) is 3.51. The van der Waals surface area contributed by atoms with Gasteiger partial charge in [-0.2, -0.15) is 0 Å². The van der Waals surface area contributed by atoms with E-state index in [1.165, 1.54) is 0 Å². The molecule has 3 N–H and O–H groups in total. The number of aromatic amines is 1. The zero-order chi connectivity index (χ0) is 15.5. The molecule has 0 fully saturated rings. The van der Waals surface area contributed by atoms with E-state index in [0.717, 1.165) is 6.42 Å². The quantitative estimate of drug-likeness (QED) is 0.763. The average Bonchev–Trinajstić information content (AvgIpc) is 2.43. The maximum absolute atomic E-state index is 11.9. The Bertz CT molecular complexity index is 662. The molecule has 0 unspecified atom stereocenters. The van der Waals surface area contributed by atoms with Gasteiger partial charge in [0, 0.05) is 6.54 Å². The molecule has 0 saturated heterocycles. The van der Waals surface area contributed by atoms with Crippen LogP contribution in [0.25, 0.3) is 10.9 Å². The molecular weight excluding hydrogens is 266 g/mol. The summed E-state index contributed by atoms with van der Waals surface area (Å²) in [5, 5.41) is 13.9. The predicted octanol–water partition coefficient (Wildman–Crippen LogP) is 2.52. The topological polar surface area (TPSA) is 78.0 Å². The van der Waals surface area contributed by atoms with Crippen molar-refractivity contribution in [2.24, 2.45) is 5.92 Å². The third-order valence-corrected chi connectivity index (χ3v) is 3.51. The highest BCUT2D eigenvalue weighted by atomic mass is 16.3. The van der Waals surface area contributed by atoms with Gasteiger partial charge in [-0.1, -0.05) is 26.0 Å². The largest absolute Gasteiger partial charge is 0.388 e. The van der Waals surface area contributed by atoms with Crippen LogP contribution in [-0.4, -0.2) is 27.2 Å². The van der Waals surface area contributed by atoms with E-state index in [1.54, 1.807) is 19.1 Å². The number of fused-ring (bicyclic) bond motifs is 1. The van der Waals surface area contributed by atoms with Gasteiger partial charge in [0.05, 0.1) is 16.5 Å². The van der Waals surface area contributed by atoms with Gasteiger partial charge in [-0.3, -0.25) is 9.78 Å². The van der Waals surface area contributed by atoms with E-state index in [0.29, 0.717) is 35.7 Å². The molecule has 21 heavy (non-hydrogen) atoms. The number of aromatic nitrogens is 2. The summed E-state index contributed by atoms with van der Waals surface area (Å²) < 4.78 is 0. The van der Waals surface area contributed by atoms with E-state index in [1.807, 2.05) is 12.1 Å². The van der Waals surface area contributed by atoms with Crippen molar-refractivity contribution < 1.29 is 5.11 Å². The van der Waals surface area contributed by atoms with Gasteiger partial charge >= 0.3 is 0 Å². The van der Waals surface area contributed by atoms with E-state index in [2.05, 4.69) is 29.1 Å². The van der Waals surface area contributed by atoms with Crippen molar-refractivity contribution >= 4 is 16.9 Å². The highest BCUT2D eigenvalue weighted by Crippen LogP contribution is 2.17. The fraction of sp³-hybridized carbons (Fsp3) is 0.500. The number of para-hydroxylation sites is 1. The summed E-state index contributed by atoms with van der Waals surface area (Å²) in [5.41, 5.74) is -0.357. The summed E-state index contributed by atoms with van der Waals surface area (Å²) in [5.74, 6) is 0.943. The van der Waals surface area contributed by atoms with Crippen LogP contribution < -0.4 is 10.9 Å². The molecule has 1 aromatic heterocycles. The number of benzene rings is 1. The number of anilines is 1. The summed E-state index contributed by atoms with van der Waals surface area (Å²) >= 11 is 0. The Balaban J connectivity index is 2.08. The van der Waals surface area contributed by atoms with Crippen molar-refractivity contribution in [3.8, 4) is 0 Å². The van der Waals surface area contributed by atoms with Crippen LogP contribution in [0.3, 0.4) is 0 Å². The van der Waals surface area contributed by atoms with Crippen molar-refractivity contribution in [3.63, 3.8) is 0 Å². The zero-order valence-electron chi connectivity index (χ0n) is 12.8. The van der Waals surface area contributed by atoms with Crippen molar-refractivity contribution in [2.45, 2.75) is 39.2 Å². The number of aliphatic hydroxyl groups is 1. The predicted molar refractivity (Wildman–Crippen MR) is 85.5 cm³/mol. The van der Waals surface area contributed by atoms with Crippen LogP contribution in [0.5, 0.6) is 0 Å². The summed E-state index contributed by atoms with van der Waals surface area (Å²) in [6, 6.07) is 7.19. The van der Waals surface area contributed by atoms with Gasteiger partial charge in [0.25, 0.3) is 5.56 Å². The fourth-order valence-corrected chi connectivity index (χ4v) is 2.13. The molecule has 0 aliphatic rings. The van der Waals surface area contributed by atoms with Gasteiger partial charge in [-0.15, -0.1) is 0 Å². The Kier molecular flexibility index (Phi) is 4.63. The number of rotatable bonds is 6. The Morgan fingerprint density at radius 2 is 2.10 bits per heavy atom. The van der Waals surface area contributed by atoms with E-state index in [-0.39, 0.29) is 5.56 Å². The normalized spacial score (nSPS) is 14.3. The van der Waals surface area contributed by atoms with Gasteiger partial charge in [0.15, 0.2) is 0 Å². The first-order valence-electron chi connectivity index (χ1n) is 7.33. The van der Waals surface area contributed by atoms with Crippen LogP contribution in [0.2, 0.25) is 0 Å². The molecule has 0 aliphatic carbocycles. The molecule has 0 saturated carbocycles. The second-order valence-corrected chi connectivity index (χ2v) is 6.21. The maximum atomic E-state index is 11.9. The highest BCUT2D eigenvalue weighted by molar-refractivity contribution is 5.78. The molecule has 2 rings (SSSR count). The Labute approximate surface area is 124 Å². The lowest BCUT2D eigenvalue weighted by Crippen LogP contribution is -2.34. The Morgan fingerprint density at radius 3 is 2.81 bits per heavy atom. The second kappa shape index (κ2) is 6.26. The van der Waals surface area contributed by atoms with Crippen LogP contribution in [0, 0.1) is 5.92 Å². The first-order chi connectivity index (χ1) is 9.87. The van der Waals surface area contributed by atoms with E-state index in [4.69, 9.17) is 0 Å². The number of nitrogens with zero attached hydrogens (tertiary/aromatic N) is 1. The number of H-pyrrole nitrogens is 1. The summed E-state index contributed by atoms with van der Waals surface area (Å²) in [6.45, 7) is 6.40. The molecule has 1 atom stereocenters. The zero-order valence-corrected chi connectivity index (χ0v) is 12.8. The standard InChI is InChI=1S/C16H23N3O2/c1-11(2)8-9-16(3,21)10-17-15-18-13-7-5-4-6-12(13)14(20)19-15/h4-7,11,21H,8-10H2,1-3H3,(H2,17,18,19,20)/t16-/m0/s1. The molecule has 5 nitrogen and oxygen atoms in total. The van der Waals surface area contributed by atoms with Crippen molar-refractivity contribution in [1.82, 2.24) is 9.97 Å². The molecule has 114 valence electrons. The smallest absolute Gasteiger partial charge is 0.260 e. The Hall–Kier alpha value is -1.88. The lowest BCUT2D eigenvalue weighted by atomic mass is 9.95. The first kappa shape index (κ1) is 15.5. The highest BCUT2D eigenvalue weighted by Gasteiger charge is 2.20. The summed E-state index contributed by atoms with van der Waals surface area (Å²) in [6.07, 6.45) is 1.66. The van der Waals surface area contributed by atoms with Gasteiger partial charge in [-0.25, -0.2) is 4.98 Å². The minimum atomic E-state index is -0.825. The number of hydrogen-bond acceptors (Lipinski definition) is 4. The van der Waals surface area contributed by atoms with Gasteiger partial charge in [0.1, 0.15) is 0 Å². The Morgan fingerprint density at radius 1 is 1.38 bits per heavy atom. The third kappa shape index (κ3) is 4.29. The molecule has 0 bridgehead atoms. The number of nitrogens with one attached hydrogen (secondary N) is 2. The molecule has 1 aromatic carbocycles. The number of hydrogen-bond donors (Lipinski definition) is 3. The fourth-order valence-electron chi connectivity index (χ4n) is 2.13. The van der Waals surface area contributed by atoms with Crippen LogP contribution >= 0.6 is 0 Å². The van der Waals surface area contributed by atoms with Gasteiger partial charge in [-0.05, 0) is 37.8 Å². The van der Waals surface area contributed by atoms with Crippen LogP contribution in [-0.2, 0) is 0 Å². The molecule has 0 spiro atoms. The van der Waals surface area contributed by atoms with E-state index < -0.39 is 5.60 Å². The van der Waals surface area contributed by atoms with Crippen molar-refractivity contribution in [1.29, 1.82) is 0 Å². The molecule has 0 radical (unpaired) electrons. The molecule has 1 heterocycles. The van der Waals surface area contributed by atoms with Crippen molar-refractivity contribution in [2.75, 3.05) is 11.9 Å². The van der Waals surface area contributed by atoms with Crippen molar-refractivity contribution in [3.05, 3.63) is 34.6 Å². The first-order valence-corrected chi connectivity index (χ1v) is 7.33.